The standard InChI is InChI=1S/C29H30ClF4N3O4S/c1-4-19(2)35-28(39)20(3)36(17-21-10-13-23(31)14-11-21)27(38)18-37(42(40,41)24-8-6-5-7-9-24)26-16-22(29(32,33)34)12-15-25(26)30/h5-16,19-20H,4,17-18H2,1-3H3,(H,35,39)/t19-,20+/m0/s1. The Morgan fingerprint density at radius 1 is 0.976 bits per heavy atom. The third-order valence-corrected chi connectivity index (χ3v) is 8.68. The van der Waals surface area contributed by atoms with Gasteiger partial charge in [-0.3, -0.25) is 13.9 Å². The first-order valence-electron chi connectivity index (χ1n) is 12.9. The molecule has 3 rings (SSSR count). The van der Waals surface area contributed by atoms with Crippen molar-refractivity contribution in [3.05, 3.63) is 94.8 Å². The van der Waals surface area contributed by atoms with Gasteiger partial charge in [0.05, 0.1) is 21.2 Å². The van der Waals surface area contributed by atoms with Crippen LogP contribution in [0.25, 0.3) is 0 Å². The molecule has 13 heteroatoms. The first-order chi connectivity index (χ1) is 19.6. The van der Waals surface area contributed by atoms with Crippen LogP contribution in [0.2, 0.25) is 5.02 Å². The molecule has 3 aromatic rings. The minimum Gasteiger partial charge on any atom is -0.352 e. The molecule has 0 radical (unpaired) electrons. The van der Waals surface area contributed by atoms with Crippen LogP contribution in [0, 0.1) is 5.82 Å². The van der Waals surface area contributed by atoms with Crippen molar-refractivity contribution in [2.24, 2.45) is 0 Å². The van der Waals surface area contributed by atoms with E-state index in [0.29, 0.717) is 28.4 Å². The van der Waals surface area contributed by atoms with Crippen molar-refractivity contribution in [2.75, 3.05) is 10.8 Å². The molecule has 0 aliphatic rings. The van der Waals surface area contributed by atoms with Crippen LogP contribution >= 0.6 is 11.6 Å². The van der Waals surface area contributed by atoms with E-state index < -0.39 is 57.7 Å². The van der Waals surface area contributed by atoms with Crippen molar-refractivity contribution < 1.29 is 35.6 Å². The number of nitrogens with zero attached hydrogens (tertiary/aromatic N) is 2. The van der Waals surface area contributed by atoms with Crippen LogP contribution in [0.3, 0.4) is 0 Å². The predicted octanol–water partition coefficient (Wildman–Crippen LogP) is 6.03. The van der Waals surface area contributed by atoms with Gasteiger partial charge in [-0.1, -0.05) is 48.9 Å². The van der Waals surface area contributed by atoms with E-state index in [1.54, 1.807) is 13.0 Å². The number of nitrogens with one attached hydrogen (secondary N) is 1. The molecule has 42 heavy (non-hydrogen) atoms. The number of sulfonamides is 1. The Morgan fingerprint density at radius 2 is 1.60 bits per heavy atom. The van der Waals surface area contributed by atoms with E-state index in [-0.39, 0.29) is 22.5 Å². The fraction of sp³-hybridized carbons (Fsp3) is 0.310. The molecule has 0 saturated heterocycles. The fourth-order valence-electron chi connectivity index (χ4n) is 3.95. The molecule has 0 unspecified atom stereocenters. The molecule has 0 bridgehead atoms. The molecule has 0 aromatic heterocycles. The molecule has 1 N–H and O–H groups in total. The summed E-state index contributed by atoms with van der Waals surface area (Å²) < 4.78 is 82.5. The van der Waals surface area contributed by atoms with E-state index in [9.17, 15) is 35.6 Å². The summed E-state index contributed by atoms with van der Waals surface area (Å²) in [7, 11) is -4.63. The molecule has 2 atom stereocenters. The quantitative estimate of drug-likeness (QED) is 0.263. The van der Waals surface area contributed by atoms with Crippen molar-refractivity contribution >= 4 is 39.1 Å². The number of alkyl halides is 3. The second-order valence-corrected chi connectivity index (χ2v) is 11.9. The maximum absolute atomic E-state index is 13.9. The van der Waals surface area contributed by atoms with Gasteiger partial charge in [0.25, 0.3) is 10.0 Å². The van der Waals surface area contributed by atoms with Gasteiger partial charge in [-0.25, -0.2) is 12.8 Å². The van der Waals surface area contributed by atoms with Crippen molar-refractivity contribution in [3.8, 4) is 0 Å². The van der Waals surface area contributed by atoms with E-state index >= 15 is 0 Å². The molecule has 0 spiro atoms. The van der Waals surface area contributed by atoms with Crippen LogP contribution in [0.4, 0.5) is 23.2 Å². The van der Waals surface area contributed by atoms with Gasteiger partial charge >= 0.3 is 6.18 Å². The number of hydrogen-bond donors (Lipinski definition) is 1. The lowest BCUT2D eigenvalue weighted by molar-refractivity contribution is -0.139. The first kappa shape index (κ1) is 32.9. The molecule has 0 heterocycles. The highest BCUT2D eigenvalue weighted by Gasteiger charge is 2.36. The summed E-state index contributed by atoms with van der Waals surface area (Å²) in [6.07, 6.45) is -4.23. The second kappa shape index (κ2) is 13.6. The lowest BCUT2D eigenvalue weighted by Crippen LogP contribution is -2.52. The Balaban J connectivity index is 2.11. The van der Waals surface area contributed by atoms with Gasteiger partial charge in [-0.15, -0.1) is 0 Å². The lowest BCUT2D eigenvalue weighted by atomic mass is 10.1. The highest BCUT2D eigenvalue weighted by molar-refractivity contribution is 7.92. The van der Waals surface area contributed by atoms with Crippen LogP contribution in [-0.2, 0) is 32.3 Å². The van der Waals surface area contributed by atoms with Gasteiger partial charge in [0.2, 0.25) is 11.8 Å². The molecule has 0 aliphatic heterocycles. The van der Waals surface area contributed by atoms with Crippen LogP contribution < -0.4 is 9.62 Å². The molecule has 226 valence electrons. The van der Waals surface area contributed by atoms with E-state index in [4.69, 9.17) is 11.6 Å². The molecule has 0 aliphatic carbocycles. The summed E-state index contributed by atoms with van der Waals surface area (Å²) in [5.74, 6) is -1.97. The fourth-order valence-corrected chi connectivity index (χ4v) is 5.66. The summed E-state index contributed by atoms with van der Waals surface area (Å²) in [6.45, 7) is 3.85. The Labute approximate surface area is 247 Å². The number of anilines is 1. The van der Waals surface area contributed by atoms with Gasteiger partial charge in [-0.2, -0.15) is 13.2 Å². The van der Waals surface area contributed by atoms with E-state index in [2.05, 4.69) is 5.32 Å². The zero-order valence-corrected chi connectivity index (χ0v) is 24.6. The highest BCUT2D eigenvalue weighted by Crippen LogP contribution is 2.37. The molecule has 2 amide bonds. The summed E-state index contributed by atoms with van der Waals surface area (Å²) in [6, 6.07) is 12.8. The van der Waals surface area contributed by atoms with E-state index in [1.807, 2.05) is 6.92 Å². The van der Waals surface area contributed by atoms with Gasteiger partial charge < -0.3 is 10.2 Å². The Kier molecular flexibility index (Phi) is 10.6. The van der Waals surface area contributed by atoms with Crippen LogP contribution in [-0.4, -0.2) is 43.8 Å². The minimum atomic E-state index is -4.83. The Morgan fingerprint density at radius 3 is 2.17 bits per heavy atom. The maximum Gasteiger partial charge on any atom is 0.416 e. The normalized spacial score (nSPS) is 13.2. The van der Waals surface area contributed by atoms with Crippen molar-refractivity contribution in [3.63, 3.8) is 0 Å². The number of hydrogen-bond acceptors (Lipinski definition) is 4. The van der Waals surface area contributed by atoms with Crippen molar-refractivity contribution in [1.82, 2.24) is 10.2 Å². The van der Waals surface area contributed by atoms with E-state index in [1.165, 1.54) is 43.3 Å². The van der Waals surface area contributed by atoms with Crippen LogP contribution in [0.5, 0.6) is 0 Å². The zero-order chi connectivity index (χ0) is 31.2. The van der Waals surface area contributed by atoms with Gasteiger partial charge in [0.1, 0.15) is 18.4 Å². The van der Waals surface area contributed by atoms with Crippen LogP contribution in [0.1, 0.15) is 38.3 Å². The number of amides is 2. The number of benzene rings is 3. The predicted molar refractivity (Wildman–Crippen MR) is 152 cm³/mol. The summed E-state index contributed by atoms with van der Waals surface area (Å²) in [5, 5.41) is 2.42. The van der Waals surface area contributed by atoms with Gasteiger partial charge in [0, 0.05) is 12.6 Å². The average molecular weight is 628 g/mol. The largest absolute Gasteiger partial charge is 0.416 e. The minimum absolute atomic E-state index is 0.218. The molecule has 0 fully saturated rings. The summed E-state index contributed by atoms with van der Waals surface area (Å²) in [4.78, 5) is 27.7. The van der Waals surface area contributed by atoms with Gasteiger partial charge in [-0.05, 0) is 68.3 Å². The Bertz CT molecular complexity index is 1500. The zero-order valence-electron chi connectivity index (χ0n) is 23.0. The summed E-state index contributed by atoms with van der Waals surface area (Å²) >= 11 is 6.23. The third kappa shape index (κ3) is 8.01. The highest BCUT2D eigenvalue weighted by atomic mass is 35.5. The SMILES string of the molecule is CC[C@H](C)NC(=O)[C@@H](C)N(Cc1ccc(F)cc1)C(=O)CN(c1cc(C(F)(F)F)ccc1Cl)S(=O)(=O)c1ccccc1. The topological polar surface area (TPSA) is 86.8 Å². The number of rotatable bonds is 11. The number of carbonyl (C=O) groups excluding carboxylic acids is 2. The summed E-state index contributed by atoms with van der Waals surface area (Å²) in [5.41, 5.74) is -1.31. The van der Waals surface area contributed by atoms with Crippen LogP contribution in [0.15, 0.2) is 77.7 Å². The van der Waals surface area contributed by atoms with Crippen molar-refractivity contribution in [2.45, 2.75) is 56.9 Å². The number of halogens is 5. The molecule has 3 aromatic carbocycles. The third-order valence-electron chi connectivity index (χ3n) is 6.59. The monoisotopic (exact) mass is 627 g/mol. The second-order valence-electron chi connectivity index (χ2n) is 9.63. The first-order valence-corrected chi connectivity index (χ1v) is 14.8. The molecular weight excluding hydrogens is 598 g/mol. The molecule has 7 nitrogen and oxygen atoms in total. The Hall–Kier alpha value is -3.64. The molecular formula is C29H30ClF4N3O4S. The maximum atomic E-state index is 13.9. The van der Waals surface area contributed by atoms with Crippen molar-refractivity contribution in [1.29, 1.82) is 0 Å². The number of carbonyl (C=O) groups is 2. The van der Waals surface area contributed by atoms with Gasteiger partial charge in [0.15, 0.2) is 0 Å². The lowest BCUT2D eigenvalue weighted by Gasteiger charge is -2.33. The smallest absolute Gasteiger partial charge is 0.352 e. The molecule has 0 saturated carbocycles. The average Bonchev–Trinajstić information content (AvgIpc) is 2.95. The van der Waals surface area contributed by atoms with E-state index in [0.717, 1.165) is 23.1 Å².